The lowest BCUT2D eigenvalue weighted by molar-refractivity contribution is -0.276. The number of benzene rings is 1. The molecular weight excluding hydrogens is 278 g/mol. The van der Waals surface area contributed by atoms with Gasteiger partial charge >= 0.3 is 12.5 Å². The molecule has 0 bridgehead atoms. The van der Waals surface area contributed by atoms with Gasteiger partial charge in [-0.15, -0.1) is 13.2 Å². The number of hydrogen-bond donors (Lipinski definition) is 0. The van der Waals surface area contributed by atoms with Crippen LogP contribution in [0, 0.1) is 6.92 Å². The summed E-state index contributed by atoms with van der Waals surface area (Å²) in [6, 6.07) is 1.15. The summed E-state index contributed by atoms with van der Waals surface area (Å²) in [4.78, 5) is 0. The van der Waals surface area contributed by atoms with Crippen molar-refractivity contribution in [2.24, 2.45) is 0 Å². The van der Waals surface area contributed by atoms with E-state index >= 15 is 0 Å². The van der Waals surface area contributed by atoms with Crippen LogP contribution in [0.3, 0.4) is 0 Å². The highest BCUT2D eigenvalue weighted by atomic mass is 19.4. The molecule has 1 aromatic carbocycles. The summed E-state index contributed by atoms with van der Waals surface area (Å²) < 4.78 is 82.5. The second-order valence-corrected chi connectivity index (χ2v) is 3.59. The quantitative estimate of drug-likeness (QED) is 0.771. The van der Waals surface area contributed by atoms with Crippen molar-refractivity contribution in [3.63, 3.8) is 0 Å². The summed E-state index contributed by atoms with van der Waals surface area (Å²) in [5.41, 5.74) is -1.42. The second kappa shape index (κ2) is 5.18. The van der Waals surface area contributed by atoms with Crippen LogP contribution in [0.1, 0.15) is 18.1 Å². The second-order valence-electron chi connectivity index (χ2n) is 3.59. The molecule has 1 aromatic rings. The third-order valence-electron chi connectivity index (χ3n) is 2.11. The first kappa shape index (κ1) is 15.5. The van der Waals surface area contributed by atoms with Crippen LogP contribution in [0.5, 0.6) is 11.5 Å². The standard InChI is InChI=1S/C11H10F6O2/c1-3-18-8-5-9(19-11(15,16)17)7(4-6(8)2)10(12,13)14/h4-5H,3H2,1-2H3. The van der Waals surface area contributed by atoms with Crippen molar-refractivity contribution >= 4 is 0 Å². The SMILES string of the molecule is CCOc1cc(OC(F)(F)F)c(C(F)(F)F)cc1C. The monoisotopic (exact) mass is 288 g/mol. The van der Waals surface area contributed by atoms with Crippen molar-refractivity contribution < 1.29 is 35.8 Å². The van der Waals surface area contributed by atoms with Gasteiger partial charge in [0.1, 0.15) is 11.5 Å². The van der Waals surface area contributed by atoms with Crippen LogP contribution in [0.4, 0.5) is 26.3 Å². The Morgan fingerprint density at radius 2 is 1.58 bits per heavy atom. The highest BCUT2D eigenvalue weighted by Gasteiger charge is 2.40. The van der Waals surface area contributed by atoms with E-state index in [1.807, 2.05) is 0 Å². The lowest BCUT2D eigenvalue weighted by atomic mass is 10.1. The Morgan fingerprint density at radius 1 is 1.00 bits per heavy atom. The van der Waals surface area contributed by atoms with Gasteiger partial charge in [0.15, 0.2) is 0 Å². The van der Waals surface area contributed by atoms with Crippen LogP contribution in [-0.2, 0) is 6.18 Å². The van der Waals surface area contributed by atoms with Gasteiger partial charge in [-0.1, -0.05) is 0 Å². The number of alkyl halides is 6. The predicted octanol–water partition coefficient (Wildman–Crippen LogP) is 4.31. The van der Waals surface area contributed by atoms with E-state index in [1.54, 1.807) is 6.92 Å². The Hall–Kier alpha value is -1.60. The van der Waals surface area contributed by atoms with E-state index in [1.165, 1.54) is 6.92 Å². The molecule has 0 fully saturated rings. The normalized spacial score (nSPS) is 12.4. The van der Waals surface area contributed by atoms with E-state index in [0.29, 0.717) is 12.1 Å². The number of rotatable bonds is 3. The van der Waals surface area contributed by atoms with Gasteiger partial charge in [0, 0.05) is 6.07 Å². The van der Waals surface area contributed by atoms with E-state index in [0.717, 1.165) is 0 Å². The van der Waals surface area contributed by atoms with E-state index in [9.17, 15) is 26.3 Å². The van der Waals surface area contributed by atoms with Gasteiger partial charge in [-0.05, 0) is 25.5 Å². The fourth-order valence-corrected chi connectivity index (χ4v) is 1.41. The average Bonchev–Trinajstić information content (AvgIpc) is 2.19. The third kappa shape index (κ3) is 4.22. The Kier molecular flexibility index (Phi) is 4.21. The fourth-order valence-electron chi connectivity index (χ4n) is 1.41. The highest BCUT2D eigenvalue weighted by Crippen LogP contribution is 2.41. The molecular formula is C11H10F6O2. The van der Waals surface area contributed by atoms with Crippen molar-refractivity contribution in [2.75, 3.05) is 6.61 Å². The predicted molar refractivity (Wildman–Crippen MR) is 54.0 cm³/mol. The van der Waals surface area contributed by atoms with Crippen molar-refractivity contribution in [3.8, 4) is 11.5 Å². The molecule has 0 amide bonds. The zero-order valence-electron chi connectivity index (χ0n) is 9.95. The highest BCUT2D eigenvalue weighted by molar-refractivity contribution is 5.47. The van der Waals surface area contributed by atoms with Gasteiger partial charge in [-0.2, -0.15) is 13.2 Å². The first-order valence-electron chi connectivity index (χ1n) is 5.15. The topological polar surface area (TPSA) is 18.5 Å². The molecule has 1 rings (SSSR count). The molecule has 19 heavy (non-hydrogen) atoms. The van der Waals surface area contributed by atoms with Crippen molar-refractivity contribution in [3.05, 3.63) is 23.3 Å². The molecule has 0 aromatic heterocycles. The molecule has 0 aliphatic carbocycles. The van der Waals surface area contributed by atoms with E-state index in [-0.39, 0.29) is 17.9 Å². The molecule has 0 atom stereocenters. The van der Waals surface area contributed by atoms with Crippen LogP contribution in [0.25, 0.3) is 0 Å². The average molecular weight is 288 g/mol. The Morgan fingerprint density at radius 3 is 2.00 bits per heavy atom. The number of halogens is 6. The van der Waals surface area contributed by atoms with E-state index in [2.05, 4.69) is 4.74 Å². The third-order valence-corrected chi connectivity index (χ3v) is 2.11. The zero-order chi connectivity index (χ0) is 14.8. The summed E-state index contributed by atoms with van der Waals surface area (Å²) >= 11 is 0. The number of ether oxygens (including phenoxy) is 2. The van der Waals surface area contributed by atoms with Gasteiger partial charge in [-0.3, -0.25) is 0 Å². The fraction of sp³-hybridized carbons (Fsp3) is 0.455. The van der Waals surface area contributed by atoms with Crippen LogP contribution in [0.2, 0.25) is 0 Å². The van der Waals surface area contributed by atoms with E-state index < -0.39 is 23.9 Å². The Balaban J connectivity index is 3.33. The first-order valence-corrected chi connectivity index (χ1v) is 5.15. The maximum absolute atomic E-state index is 12.6. The minimum absolute atomic E-state index is 0.0729. The van der Waals surface area contributed by atoms with Gasteiger partial charge in [0.05, 0.1) is 12.2 Å². The summed E-state index contributed by atoms with van der Waals surface area (Å²) in [7, 11) is 0. The van der Waals surface area contributed by atoms with Gasteiger partial charge in [0.25, 0.3) is 0 Å². The molecule has 0 saturated heterocycles. The van der Waals surface area contributed by atoms with Crippen molar-refractivity contribution in [1.29, 1.82) is 0 Å². The molecule has 0 unspecified atom stereocenters. The minimum atomic E-state index is -5.21. The molecule has 8 heteroatoms. The minimum Gasteiger partial charge on any atom is -0.493 e. The van der Waals surface area contributed by atoms with Crippen molar-refractivity contribution in [2.45, 2.75) is 26.4 Å². The molecule has 0 heterocycles. The first-order chi connectivity index (χ1) is 8.54. The van der Waals surface area contributed by atoms with Gasteiger partial charge < -0.3 is 9.47 Å². The number of aryl methyl sites for hydroxylation is 1. The smallest absolute Gasteiger partial charge is 0.493 e. The lowest BCUT2D eigenvalue weighted by Gasteiger charge is -2.18. The Labute approximate surface area is 104 Å². The molecule has 108 valence electrons. The summed E-state index contributed by atoms with van der Waals surface area (Å²) in [6.07, 6.45) is -10.2. The van der Waals surface area contributed by atoms with Crippen LogP contribution >= 0.6 is 0 Å². The molecule has 0 saturated carbocycles. The number of hydrogen-bond acceptors (Lipinski definition) is 2. The maximum Gasteiger partial charge on any atom is 0.573 e. The molecule has 0 aliphatic heterocycles. The zero-order valence-corrected chi connectivity index (χ0v) is 9.95. The summed E-state index contributed by atoms with van der Waals surface area (Å²) in [6.45, 7) is 2.97. The van der Waals surface area contributed by atoms with Gasteiger partial charge in [-0.25, -0.2) is 0 Å². The molecule has 0 aliphatic rings. The lowest BCUT2D eigenvalue weighted by Crippen LogP contribution is -2.20. The van der Waals surface area contributed by atoms with Crippen LogP contribution in [0.15, 0.2) is 12.1 Å². The van der Waals surface area contributed by atoms with Crippen molar-refractivity contribution in [1.82, 2.24) is 0 Å². The Bertz CT molecular complexity index is 450. The summed E-state index contributed by atoms with van der Waals surface area (Å²) in [5.74, 6) is -1.41. The summed E-state index contributed by atoms with van der Waals surface area (Å²) in [5, 5.41) is 0. The molecule has 0 spiro atoms. The van der Waals surface area contributed by atoms with E-state index in [4.69, 9.17) is 4.74 Å². The van der Waals surface area contributed by atoms with Crippen LogP contribution < -0.4 is 9.47 Å². The van der Waals surface area contributed by atoms with Gasteiger partial charge in [0.2, 0.25) is 0 Å². The van der Waals surface area contributed by atoms with Crippen LogP contribution in [-0.4, -0.2) is 13.0 Å². The molecule has 0 N–H and O–H groups in total. The molecule has 2 nitrogen and oxygen atoms in total. The largest absolute Gasteiger partial charge is 0.573 e. The maximum atomic E-state index is 12.6. The molecule has 0 radical (unpaired) electrons.